The minimum absolute atomic E-state index is 0.228. The Labute approximate surface area is 156 Å². The maximum absolute atomic E-state index is 13.7. The van der Waals surface area contributed by atoms with Crippen LogP contribution in [-0.4, -0.2) is 21.1 Å². The number of hydrogen-bond acceptors (Lipinski definition) is 4. The molecule has 5 nitrogen and oxygen atoms in total. The van der Waals surface area contributed by atoms with E-state index in [0.29, 0.717) is 17.3 Å². The predicted octanol–water partition coefficient (Wildman–Crippen LogP) is 3.85. The van der Waals surface area contributed by atoms with Gasteiger partial charge in [-0.3, -0.25) is 9.59 Å². The molecule has 3 rings (SSSR count). The average molecular weight is 393 g/mol. The number of carbonyl (C=O) groups is 1. The summed E-state index contributed by atoms with van der Waals surface area (Å²) in [4.78, 5) is 31.4. The molecule has 2 N–H and O–H groups in total. The van der Waals surface area contributed by atoms with Crippen LogP contribution in [0.15, 0.2) is 46.3 Å². The van der Waals surface area contributed by atoms with Gasteiger partial charge in [0.05, 0.1) is 21.8 Å². The van der Waals surface area contributed by atoms with Crippen LogP contribution in [0, 0.1) is 17.5 Å². The zero-order chi connectivity index (χ0) is 19.6. The number of anilines is 1. The zero-order valence-electron chi connectivity index (χ0n) is 14.1. The lowest BCUT2D eigenvalue weighted by atomic mass is 10.2. The lowest BCUT2D eigenvalue weighted by molar-refractivity contribution is -0.115. The second kappa shape index (κ2) is 7.83. The number of benzene rings is 2. The third kappa shape index (κ3) is 3.97. The van der Waals surface area contributed by atoms with Gasteiger partial charge in [-0.05, 0) is 30.7 Å². The molecule has 1 amide bonds. The lowest BCUT2D eigenvalue weighted by Gasteiger charge is -2.15. The maximum atomic E-state index is 13.7. The third-order valence-corrected chi connectivity index (χ3v) is 5.05. The van der Waals surface area contributed by atoms with Gasteiger partial charge in [0.25, 0.3) is 5.56 Å². The molecule has 140 valence electrons. The van der Waals surface area contributed by atoms with Crippen LogP contribution in [0.25, 0.3) is 10.9 Å². The Hall–Kier alpha value is -2.81. The van der Waals surface area contributed by atoms with E-state index >= 15 is 0 Å². The van der Waals surface area contributed by atoms with Crippen LogP contribution < -0.4 is 10.9 Å². The normalized spacial score (nSPS) is 12.1. The Morgan fingerprint density at radius 3 is 2.67 bits per heavy atom. The first-order valence-corrected chi connectivity index (χ1v) is 8.88. The first-order valence-electron chi connectivity index (χ1n) is 8.00. The highest BCUT2D eigenvalue weighted by Crippen LogP contribution is 2.25. The van der Waals surface area contributed by atoms with Gasteiger partial charge in [0.15, 0.2) is 22.6 Å². The number of nitrogens with one attached hydrogen (secondary N) is 2. The Bertz CT molecular complexity index is 1070. The summed E-state index contributed by atoms with van der Waals surface area (Å²) in [5, 5.41) is 2.15. The molecule has 0 radical (unpaired) electrons. The fourth-order valence-electron chi connectivity index (χ4n) is 2.41. The van der Waals surface area contributed by atoms with E-state index in [9.17, 15) is 22.8 Å². The number of thioether (sulfide) groups is 1. The number of hydrogen-bond donors (Lipinski definition) is 2. The third-order valence-electron chi connectivity index (χ3n) is 3.80. The number of H-pyrrole nitrogens is 1. The van der Waals surface area contributed by atoms with Gasteiger partial charge in [-0.2, -0.15) is 0 Å². The number of aromatic nitrogens is 2. The summed E-state index contributed by atoms with van der Waals surface area (Å²) in [6.07, 6.45) is 0.332. The van der Waals surface area contributed by atoms with E-state index < -0.39 is 34.3 Å². The summed E-state index contributed by atoms with van der Waals surface area (Å²) in [6, 6.07) is 8.42. The summed E-state index contributed by atoms with van der Waals surface area (Å²) in [6.45, 7) is 1.72. The fourth-order valence-corrected chi connectivity index (χ4v) is 3.32. The Morgan fingerprint density at radius 1 is 1.19 bits per heavy atom. The number of para-hydroxylation sites is 1. The van der Waals surface area contributed by atoms with E-state index in [-0.39, 0.29) is 10.7 Å². The molecule has 0 aliphatic rings. The number of aromatic amines is 1. The topological polar surface area (TPSA) is 74.8 Å². The number of halogens is 3. The smallest absolute Gasteiger partial charge is 0.259 e. The van der Waals surface area contributed by atoms with Crippen molar-refractivity contribution in [1.29, 1.82) is 0 Å². The van der Waals surface area contributed by atoms with E-state index in [2.05, 4.69) is 15.3 Å². The minimum atomic E-state index is -1.66. The van der Waals surface area contributed by atoms with Gasteiger partial charge < -0.3 is 10.3 Å². The van der Waals surface area contributed by atoms with Gasteiger partial charge in [-0.1, -0.05) is 30.8 Å². The molecule has 1 heterocycles. The van der Waals surface area contributed by atoms with Gasteiger partial charge in [0, 0.05) is 0 Å². The average Bonchev–Trinajstić information content (AvgIpc) is 2.66. The number of nitrogens with zero attached hydrogens (tertiary/aromatic N) is 1. The van der Waals surface area contributed by atoms with Gasteiger partial charge in [-0.15, -0.1) is 0 Å². The van der Waals surface area contributed by atoms with E-state index in [0.717, 1.165) is 23.9 Å². The molecule has 3 aromatic rings. The highest BCUT2D eigenvalue weighted by Gasteiger charge is 2.22. The molecule has 0 saturated carbocycles. The quantitative estimate of drug-likeness (QED) is 0.392. The second-order valence-electron chi connectivity index (χ2n) is 5.62. The second-order valence-corrected chi connectivity index (χ2v) is 6.81. The van der Waals surface area contributed by atoms with Crippen molar-refractivity contribution >= 4 is 34.3 Å². The van der Waals surface area contributed by atoms with Crippen LogP contribution in [0.3, 0.4) is 0 Å². The summed E-state index contributed by atoms with van der Waals surface area (Å²) in [7, 11) is 0. The highest BCUT2D eigenvalue weighted by atomic mass is 32.2. The van der Waals surface area contributed by atoms with Crippen LogP contribution in [0.1, 0.15) is 13.3 Å². The Kier molecular flexibility index (Phi) is 5.50. The zero-order valence-corrected chi connectivity index (χ0v) is 14.9. The van der Waals surface area contributed by atoms with Crippen molar-refractivity contribution in [2.75, 3.05) is 5.32 Å². The van der Waals surface area contributed by atoms with Crippen molar-refractivity contribution in [1.82, 2.24) is 9.97 Å². The Morgan fingerprint density at radius 2 is 1.93 bits per heavy atom. The van der Waals surface area contributed by atoms with Crippen LogP contribution in [0.4, 0.5) is 18.9 Å². The molecule has 27 heavy (non-hydrogen) atoms. The molecule has 0 aliphatic heterocycles. The molecule has 0 fully saturated rings. The Balaban J connectivity index is 1.82. The molecule has 1 aromatic heterocycles. The molecule has 9 heteroatoms. The summed E-state index contributed by atoms with van der Waals surface area (Å²) >= 11 is 0.989. The molecule has 2 aromatic carbocycles. The molecule has 0 aliphatic carbocycles. The van der Waals surface area contributed by atoms with Crippen LogP contribution in [0.5, 0.6) is 0 Å². The van der Waals surface area contributed by atoms with Crippen molar-refractivity contribution < 1.29 is 18.0 Å². The molecule has 0 spiro atoms. The van der Waals surface area contributed by atoms with Crippen LogP contribution in [-0.2, 0) is 4.79 Å². The van der Waals surface area contributed by atoms with E-state index in [1.807, 2.05) is 0 Å². The van der Waals surface area contributed by atoms with E-state index in [1.54, 1.807) is 31.2 Å². The molecule has 1 atom stereocenters. The monoisotopic (exact) mass is 393 g/mol. The van der Waals surface area contributed by atoms with Crippen molar-refractivity contribution in [3.05, 3.63) is 64.2 Å². The summed E-state index contributed by atoms with van der Waals surface area (Å²) in [5.74, 6) is -5.09. The molecular weight excluding hydrogens is 379 g/mol. The largest absolute Gasteiger partial charge is 0.323 e. The molecule has 1 unspecified atom stereocenters. The number of fused-ring (bicyclic) bond motifs is 1. The van der Waals surface area contributed by atoms with E-state index in [1.165, 1.54) is 0 Å². The van der Waals surface area contributed by atoms with Crippen molar-refractivity contribution in [3.8, 4) is 0 Å². The summed E-state index contributed by atoms with van der Waals surface area (Å²) in [5.41, 5.74) is -0.325. The standard InChI is InChI=1S/C18H14F3N3O2S/c1-2-13(17(26)22-12-8-7-10(19)14(20)15(12)21)27-18-23-11-6-4-3-5-9(11)16(25)24-18/h3-8,13H,2H2,1H3,(H,22,26)(H,23,24,25). The molecule has 0 saturated heterocycles. The van der Waals surface area contributed by atoms with Gasteiger partial charge in [0.1, 0.15) is 0 Å². The highest BCUT2D eigenvalue weighted by molar-refractivity contribution is 8.00. The first-order chi connectivity index (χ1) is 12.9. The van der Waals surface area contributed by atoms with Gasteiger partial charge in [0.2, 0.25) is 5.91 Å². The molecule has 0 bridgehead atoms. The van der Waals surface area contributed by atoms with Crippen molar-refractivity contribution in [2.24, 2.45) is 0 Å². The maximum Gasteiger partial charge on any atom is 0.259 e. The minimum Gasteiger partial charge on any atom is -0.323 e. The predicted molar refractivity (Wildman–Crippen MR) is 97.2 cm³/mol. The molecular formula is C18H14F3N3O2S. The van der Waals surface area contributed by atoms with Crippen LogP contribution >= 0.6 is 11.8 Å². The lowest BCUT2D eigenvalue weighted by Crippen LogP contribution is -2.26. The first kappa shape index (κ1) is 19.0. The SMILES string of the molecule is CCC(Sc1nc2ccccc2c(=O)[nH]1)C(=O)Nc1ccc(F)c(F)c1F. The number of rotatable bonds is 5. The van der Waals surface area contributed by atoms with Gasteiger partial charge >= 0.3 is 0 Å². The summed E-state index contributed by atoms with van der Waals surface area (Å²) < 4.78 is 40.1. The van der Waals surface area contributed by atoms with Crippen molar-refractivity contribution in [2.45, 2.75) is 23.8 Å². The van der Waals surface area contributed by atoms with Gasteiger partial charge in [-0.25, -0.2) is 18.2 Å². The number of amides is 1. The number of carbonyl (C=O) groups excluding carboxylic acids is 1. The fraction of sp³-hybridized carbons (Fsp3) is 0.167. The van der Waals surface area contributed by atoms with Crippen LogP contribution in [0.2, 0.25) is 0 Å². The van der Waals surface area contributed by atoms with Crippen molar-refractivity contribution in [3.63, 3.8) is 0 Å². The van der Waals surface area contributed by atoms with E-state index in [4.69, 9.17) is 0 Å².